The molecule has 114 valence electrons. The van der Waals surface area contributed by atoms with Gasteiger partial charge < -0.3 is 9.64 Å². The van der Waals surface area contributed by atoms with Gasteiger partial charge in [0.1, 0.15) is 11.8 Å². The van der Waals surface area contributed by atoms with Gasteiger partial charge in [0.2, 0.25) is 5.91 Å². The number of hydrogen-bond acceptors (Lipinski definition) is 4. The van der Waals surface area contributed by atoms with Crippen molar-refractivity contribution < 1.29 is 19.1 Å². The average molecular weight is 291 g/mol. The van der Waals surface area contributed by atoms with Crippen molar-refractivity contribution in [1.29, 1.82) is 0 Å². The highest BCUT2D eigenvalue weighted by Crippen LogP contribution is 2.12. The largest absolute Gasteiger partial charge is 0.464 e. The van der Waals surface area contributed by atoms with Gasteiger partial charge in [-0.25, -0.2) is 4.79 Å². The zero-order valence-electron chi connectivity index (χ0n) is 12.7. The van der Waals surface area contributed by atoms with Crippen LogP contribution in [0.25, 0.3) is 0 Å². The molecule has 0 heterocycles. The molecule has 1 amide bonds. The third-order valence-electron chi connectivity index (χ3n) is 3.01. The van der Waals surface area contributed by atoms with Crippen LogP contribution in [0.5, 0.6) is 0 Å². The van der Waals surface area contributed by atoms with Crippen molar-refractivity contribution in [2.75, 3.05) is 6.61 Å². The Balaban J connectivity index is 2.91. The zero-order valence-corrected chi connectivity index (χ0v) is 12.7. The monoisotopic (exact) mass is 291 g/mol. The normalized spacial score (nSPS) is 11.6. The topological polar surface area (TPSA) is 63.7 Å². The number of carbonyl (C=O) groups excluding carboxylic acids is 3. The van der Waals surface area contributed by atoms with Gasteiger partial charge in [0, 0.05) is 6.54 Å². The van der Waals surface area contributed by atoms with Crippen molar-refractivity contribution in [3.05, 3.63) is 35.9 Å². The fourth-order valence-corrected chi connectivity index (χ4v) is 1.93. The van der Waals surface area contributed by atoms with E-state index < -0.39 is 12.0 Å². The molecule has 5 nitrogen and oxygen atoms in total. The Morgan fingerprint density at radius 3 is 2.33 bits per heavy atom. The van der Waals surface area contributed by atoms with E-state index in [2.05, 4.69) is 0 Å². The quantitative estimate of drug-likeness (QED) is 0.569. The summed E-state index contributed by atoms with van der Waals surface area (Å²) in [6, 6.07) is 8.60. The predicted molar refractivity (Wildman–Crippen MR) is 78.4 cm³/mol. The maximum atomic E-state index is 12.2. The van der Waals surface area contributed by atoms with Gasteiger partial charge in [-0.2, -0.15) is 0 Å². The zero-order chi connectivity index (χ0) is 15.8. The van der Waals surface area contributed by atoms with Crippen molar-refractivity contribution in [3.8, 4) is 0 Å². The molecule has 5 heteroatoms. The van der Waals surface area contributed by atoms with E-state index in [1.54, 1.807) is 13.8 Å². The number of carbonyl (C=O) groups is 3. The number of hydrogen-bond donors (Lipinski definition) is 0. The first-order valence-corrected chi connectivity index (χ1v) is 6.95. The Bertz CT molecular complexity index is 498. The molecule has 0 aromatic heterocycles. The van der Waals surface area contributed by atoms with Gasteiger partial charge in [0.25, 0.3) is 0 Å². The van der Waals surface area contributed by atoms with Crippen molar-refractivity contribution >= 4 is 17.7 Å². The molecule has 0 saturated carbocycles. The van der Waals surface area contributed by atoms with Gasteiger partial charge in [0.15, 0.2) is 0 Å². The number of ketones is 1. The number of rotatable bonds is 7. The Hall–Kier alpha value is -2.17. The number of ether oxygens (including phenoxy) is 1. The van der Waals surface area contributed by atoms with Crippen LogP contribution in [0.1, 0.15) is 32.8 Å². The predicted octanol–water partition coefficient (Wildman–Crippen LogP) is 1.95. The van der Waals surface area contributed by atoms with Crippen LogP contribution in [0.2, 0.25) is 0 Å². The van der Waals surface area contributed by atoms with E-state index in [-0.39, 0.29) is 31.3 Å². The summed E-state index contributed by atoms with van der Waals surface area (Å²) in [6.45, 7) is 5.20. The number of Topliss-reactive ketones (excluding diaryl/α,β-unsaturated/α-hetero) is 1. The van der Waals surface area contributed by atoms with E-state index in [1.165, 1.54) is 11.8 Å². The molecule has 0 saturated heterocycles. The lowest BCUT2D eigenvalue weighted by molar-refractivity contribution is -0.155. The van der Waals surface area contributed by atoms with E-state index in [0.29, 0.717) is 0 Å². The Kier molecular flexibility index (Phi) is 6.59. The molecule has 0 aliphatic rings. The number of benzene rings is 1. The molecule has 0 aliphatic heterocycles. The highest BCUT2D eigenvalue weighted by Gasteiger charge is 2.27. The molecule has 0 spiro atoms. The molecule has 21 heavy (non-hydrogen) atoms. The Morgan fingerprint density at radius 1 is 1.19 bits per heavy atom. The molecule has 0 bridgehead atoms. The fraction of sp³-hybridized carbons (Fsp3) is 0.438. The van der Waals surface area contributed by atoms with E-state index in [1.807, 2.05) is 30.3 Å². The van der Waals surface area contributed by atoms with Gasteiger partial charge in [0.05, 0.1) is 13.0 Å². The van der Waals surface area contributed by atoms with Crippen LogP contribution in [-0.4, -0.2) is 35.2 Å². The first-order valence-electron chi connectivity index (χ1n) is 6.95. The minimum atomic E-state index is -0.725. The molecular weight excluding hydrogens is 270 g/mol. The summed E-state index contributed by atoms with van der Waals surface area (Å²) in [5.41, 5.74) is 0.894. The van der Waals surface area contributed by atoms with E-state index >= 15 is 0 Å². The van der Waals surface area contributed by atoms with Gasteiger partial charge in [-0.05, 0) is 26.3 Å². The minimum absolute atomic E-state index is 0.212. The average Bonchev–Trinajstić information content (AvgIpc) is 2.44. The summed E-state index contributed by atoms with van der Waals surface area (Å²) >= 11 is 0. The molecule has 0 N–H and O–H groups in total. The maximum absolute atomic E-state index is 12.2. The lowest BCUT2D eigenvalue weighted by atomic mass is 10.1. The molecule has 0 fully saturated rings. The molecule has 1 aromatic rings. The molecule has 1 unspecified atom stereocenters. The summed E-state index contributed by atoms with van der Waals surface area (Å²) < 4.78 is 4.96. The second kappa shape index (κ2) is 8.19. The Labute approximate surface area is 124 Å². The minimum Gasteiger partial charge on any atom is -0.464 e. The van der Waals surface area contributed by atoms with Gasteiger partial charge in [-0.15, -0.1) is 0 Å². The Morgan fingerprint density at radius 2 is 1.81 bits per heavy atom. The van der Waals surface area contributed by atoms with Crippen molar-refractivity contribution in [1.82, 2.24) is 4.90 Å². The molecule has 0 aliphatic carbocycles. The lowest BCUT2D eigenvalue weighted by Gasteiger charge is -2.27. The number of nitrogens with zero attached hydrogens (tertiary/aromatic N) is 1. The van der Waals surface area contributed by atoms with E-state index in [0.717, 1.165) is 5.56 Å². The fourth-order valence-electron chi connectivity index (χ4n) is 1.93. The van der Waals surface area contributed by atoms with Crippen LogP contribution in [0.4, 0.5) is 0 Å². The van der Waals surface area contributed by atoms with Crippen LogP contribution in [-0.2, 0) is 25.7 Å². The van der Waals surface area contributed by atoms with Crippen LogP contribution in [0.15, 0.2) is 30.3 Å². The van der Waals surface area contributed by atoms with Gasteiger partial charge in [-0.3, -0.25) is 9.59 Å². The first-order chi connectivity index (χ1) is 9.95. The molecular formula is C16H21NO4. The third-order valence-corrected chi connectivity index (χ3v) is 3.01. The maximum Gasteiger partial charge on any atom is 0.328 e. The van der Waals surface area contributed by atoms with Crippen molar-refractivity contribution in [3.63, 3.8) is 0 Å². The summed E-state index contributed by atoms with van der Waals surface area (Å²) in [5, 5.41) is 0. The number of esters is 1. The summed E-state index contributed by atoms with van der Waals surface area (Å²) in [5.74, 6) is -1.06. The van der Waals surface area contributed by atoms with Crippen LogP contribution >= 0.6 is 0 Å². The standard InChI is InChI=1S/C16H21NO4/c1-4-21-16(20)13(3)17(15(19)10-12(2)18)11-14-8-6-5-7-9-14/h5-9,13H,4,10-11H2,1-3H3. The second-order valence-corrected chi connectivity index (χ2v) is 4.81. The van der Waals surface area contributed by atoms with E-state index in [4.69, 9.17) is 4.74 Å². The molecule has 0 radical (unpaired) electrons. The summed E-state index contributed by atoms with van der Waals surface area (Å²) in [6.07, 6.45) is -0.212. The van der Waals surface area contributed by atoms with Crippen LogP contribution in [0.3, 0.4) is 0 Å². The van der Waals surface area contributed by atoms with E-state index in [9.17, 15) is 14.4 Å². The van der Waals surface area contributed by atoms with Crippen LogP contribution in [0, 0.1) is 0 Å². The lowest BCUT2D eigenvalue weighted by Crippen LogP contribution is -2.44. The third kappa shape index (κ3) is 5.38. The summed E-state index contributed by atoms with van der Waals surface area (Å²) in [7, 11) is 0. The highest BCUT2D eigenvalue weighted by atomic mass is 16.5. The summed E-state index contributed by atoms with van der Waals surface area (Å²) in [4.78, 5) is 36.6. The van der Waals surface area contributed by atoms with Gasteiger partial charge >= 0.3 is 5.97 Å². The number of amides is 1. The van der Waals surface area contributed by atoms with Crippen molar-refractivity contribution in [2.45, 2.75) is 39.8 Å². The SMILES string of the molecule is CCOC(=O)C(C)N(Cc1ccccc1)C(=O)CC(C)=O. The van der Waals surface area contributed by atoms with Crippen LogP contribution < -0.4 is 0 Å². The first kappa shape index (κ1) is 16.9. The van der Waals surface area contributed by atoms with Gasteiger partial charge in [-0.1, -0.05) is 30.3 Å². The second-order valence-electron chi connectivity index (χ2n) is 4.81. The molecule has 1 atom stereocenters. The van der Waals surface area contributed by atoms with Crippen molar-refractivity contribution in [2.24, 2.45) is 0 Å². The smallest absolute Gasteiger partial charge is 0.328 e. The molecule has 1 aromatic carbocycles. The highest BCUT2D eigenvalue weighted by molar-refractivity contribution is 5.98. The molecule has 1 rings (SSSR count).